The van der Waals surface area contributed by atoms with Gasteiger partial charge >= 0.3 is 0 Å². The lowest BCUT2D eigenvalue weighted by molar-refractivity contribution is -0.128. The first-order valence-electron chi connectivity index (χ1n) is 10.0. The van der Waals surface area contributed by atoms with Gasteiger partial charge in [0, 0.05) is 5.69 Å². The summed E-state index contributed by atoms with van der Waals surface area (Å²) in [4.78, 5) is 29.8. The molecule has 0 bridgehead atoms. The summed E-state index contributed by atoms with van der Waals surface area (Å²) in [5.41, 5.74) is 3.30. The Morgan fingerprint density at radius 2 is 1.58 bits per heavy atom. The van der Waals surface area contributed by atoms with Gasteiger partial charge in [-0.25, -0.2) is 4.39 Å². The zero-order chi connectivity index (χ0) is 22.1. The zero-order valence-electron chi connectivity index (χ0n) is 17.6. The number of carbonyl (C=O) groups is 2. The predicted molar refractivity (Wildman–Crippen MR) is 118 cm³/mol. The Labute approximate surface area is 180 Å². The molecule has 0 N–H and O–H groups in total. The van der Waals surface area contributed by atoms with Crippen molar-refractivity contribution >= 4 is 23.2 Å². The summed E-state index contributed by atoms with van der Waals surface area (Å²) in [5, 5.41) is 0. The van der Waals surface area contributed by atoms with E-state index >= 15 is 0 Å². The molecule has 0 saturated carbocycles. The van der Waals surface area contributed by atoms with Crippen LogP contribution in [0.15, 0.2) is 66.7 Å². The number of aryl methyl sites for hydroxylation is 1. The van der Waals surface area contributed by atoms with Gasteiger partial charge in [0.2, 0.25) is 5.91 Å². The molecular weight excluding hydrogens is 395 g/mol. The van der Waals surface area contributed by atoms with Crippen molar-refractivity contribution in [2.24, 2.45) is 0 Å². The number of para-hydroxylation sites is 1. The third kappa shape index (κ3) is 3.65. The largest absolute Gasteiger partial charge is 0.497 e. The number of halogens is 1. The van der Waals surface area contributed by atoms with Crippen molar-refractivity contribution < 1.29 is 18.7 Å². The molecule has 2 amide bonds. The summed E-state index contributed by atoms with van der Waals surface area (Å²) in [5.74, 6) is -0.572. The fourth-order valence-electron chi connectivity index (χ4n) is 3.92. The van der Waals surface area contributed by atoms with E-state index in [0.717, 1.165) is 11.1 Å². The molecule has 0 aromatic heterocycles. The second-order valence-corrected chi connectivity index (χ2v) is 7.53. The van der Waals surface area contributed by atoms with Crippen LogP contribution >= 0.6 is 0 Å². The number of anilines is 2. The van der Waals surface area contributed by atoms with Crippen molar-refractivity contribution in [1.29, 1.82) is 0 Å². The molecule has 0 unspecified atom stereocenters. The Hall–Kier alpha value is -3.67. The highest BCUT2D eigenvalue weighted by atomic mass is 19.1. The van der Waals surface area contributed by atoms with Crippen LogP contribution in [0.5, 0.6) is 5.75 Å². The van der Waals surface area contributed by atoms with Crippen LogP contribution in [0.2, 0.25) is 0 Å². The Morgan fingerprint density at radius 1 is 0.903 bits per heavy atom. The van der Waals surface area contributed by atoms with Crippen molar-refractivity contribution in [2.75, 3.05) is 23.5 Å². The molecule has 3 aromatic carbocycles. The van der Waals surface area contributed by atoms with Crippen molar-refractivity contribution in [1.82, 2.24) is 0 Å². The normalized spacial score (nSPS) is 16.6. The number of benzene rings is 3. The Kier molecular flexibility index (Phi) is 5.46. The first-order chi connectivity index (χ1) is 14.9. The first-order valence-corrected chi connectivity index (χ1v) is 10.0. The Morgan fingerprint density at radius 3 is 2.26 bits per heavy atom. The summed E-state index contributed by atoms with van der Waals surface area (Å²) in [7, 11) is 1.55. The van der Waals surface area contributed by atoms with Crippen LogP contribution in [0.3, 0.4) is 0 Å². The Bertz CT molecular complexity index is 1140. The van der Waals surface area contributed by atoms with Gasteiger partial charge in [0.15, 0.2) is 0 Å². The average Bonchev–Trinajstić information content (AvgIpc) is 2.78. The van der Waals surface area contributed by atoms with Crippen molar-refractivity contribution in [3.05, 3.63) is 89.2 Å². The molecule has 1 heterocycles. The van der Waals surface area contributed by atoms with E-state index in [2.05, 4.69) is 0 Å². The minimum Gasteiger partial charge on any atom is -0.497 e. The number of piperazine rings is 1. The van der Waals surface area contributed by atoms with E-state index in [1.807, 2.05) is 32.0 Å². The highest BCUT2D eigenvalue weighted by Crippen LogP contribution is 2.37. The molecule has 5 nitrogen and oxygen atoms in total. The lowest BCUT2D eigenvalue weighted by Gasteiger charge is -2.41. The van der Waals surface area contributed by atoms with Crippen LogP contribution in [0.4, 0.5) is 15.8 Å². The minimum atomic E-state index is -0.996. The van der Waals surface area contributed by atoms with E-state index in [1.165, 1.54) is 21.9 Å². The summed E-state index contributed by atoms with van der Waals surface area (Å²) in [6.45, 7) is 3.72. The maximum absolute atomic E-state index is 14.7. The van der Waals surface area contributed by atoms with Crippen LogP contribution in [0, 0.1) is 19.7 Å². The quantitative estimate of drug-likeness (QED) is 0.624. The lowest BCUT2D eigenvalue weighted by Crippen LogP contribution is -2.56. The number of rotatable bonds is 4. The van der Waals surface area contributed by atoms with Gasteiger partial charge in [0.05, 0.1) is 12.8 Å². The number of nitrogens with zero attached hydrogens (tertiary/aromatic N) is 2. The van der Waals surface area contributed by atoms with Gasteiger partial charge in [-0.15, -0.1) is 0 Å². The zero-order valence-corrected chi connectivity index (χ0v) is 17.6. The van der Waals surface area contributed by atoms with Gasteiger partial charge in [-0.3, -0.25) is 14.5 Å². The molecule has 4 rings (SSSR count). The summed E-state index contributed by atoms with van der Waals surface area (Å²) >= 11 is 0. The molecule has 1 fully saturated rings. The van der Waals surface area contributed by atoms with Gasteiger partial charge in [-0.1, -0.05) is 36.4 Å². The fourth-order valence-corrected chi connectivity index (χ4v) is 3.92. The van der Waals surface area contributed by atoms with E-state index in [1.54, 1.807) is 43.5 Å². The van der Waals surface area contributed by atoms with Crippen molar-refractivity contribution in [3.8, 4) is 5.75 Å². The van der Waals surface area contributed by atoms with Gasteiger partial charge in [0.1, 0.15) is 24.2 Å². The molecule has 1 aliphatic rings. The van der Waals surface area contributed by atoms with Crippen LogP contribution in [0.25, 0.3) is 0 Å². The Balaban J connectivity index is 1.85. The van der Waals surface area contributed by atoms with Crippen LogP contribution in [-0.4, -0.2) is 25.5 Å². The number of hydrogen-bond acceptors (Lipinski definition) is 3. The molecule has 0 spiro atoms. The molecule has 0 radical (unpaired) electrons. The summed E-state index contributed by atoms with van der Waals surface area (Å²) in [6, 6.07) is 17.6. The third-order valence-corrected chi connectivity index (χ3v) is 5.73. The molecule has 1 aliphatic heterocycles. The predicted octanol–water partition coefficient (Wildman–Crippen LogP) is 4.57. The highest BCUT2D eigenvalue weighted by Gasteiger charge is 2.43. The maximum Gasteiger partial charge on any atom is 0.255 e. The molecule has 1 saturated heterocycles. The number of hydrogen-bond donors (Lipinski definition) is 0. The molecule has 6 heteroatoms. The third-order valence-electron chi connectivity index (χ3n) is 5.73. The molecule has 0 aliphatic carbocycles. The molecule has 31 heavy (non-hydrogen) atoms. The van der Waals surface area contributed by atoms with Crippen LogP contribution < -0.4 is 14.5 Å². The summed E-state index contributed by atoms with van der Waals surface area (Å²) in [6.07, 6.45) is 0. The van der Waals surface area contributed by atoms with E-state index in [0.29, 0.717) is 17.0 Å². The number of carbonyl (C=O) groups excluding carboxylic acids is 2. The standard InChI is InChI=1S/C25H23FN2O3/c1-16-7-6-10-21(17(16)2)27-15-23(29)28(22-9-5-4-8-20(22)26)24(25(27)30)18-11-13-19(31-3)14-12-18/h4-14,24H,15H2,1-3H3/t24-/m1/s1. The minimum absolute atomic E-state index is 0.0854. The van der Waals surface area contributed by atoms with E-state index < -0.39 is 11.9 Å². The molecule has 3 aromatic rings. The summed E-state index contributed by atoms with van der Waals surface area (Å²) < 4.78 is 19.9. The fraction of sp³-hybridized carbons (Fsp3) is 0.200. The number of amides is 2. The topological polar surface area (TPSA) is 49.9 Å². The first kappa shape index (κ1) is 20.6. The van der Waals surface area contributed by atoms with Gasteiger partial charge in [-0.05, 0) is 60.9 Å². The van der Waals surface area contributed by atoms with Crippen LogP contribution in [0.1, 0.15) is 22.7 Å². The van der Waals surface area contributed by atoms with E-state index in [9.17, 15) is 14.0 Å². The van der Waals surface area contributed by atoms with Crippen molar-refractivity contribution in [3.63, 3.8) is 0 Å². The number of methoxy groups -OCH3 is 1. The second kappa shape index (κ2) is 8.22. The highest BCUT2D eigenvalue weighted by molar-refractivity contribution is 6.14. The second-order valence-electron chi connectivity index (χ2n) is 7.53. The maximum atomic E-state index is 14.7. The molecule has 1 atom stereocenters. The molecule has 158 valence electrons. The van der Waals surface area contributed by atoms with E-state index in [4.69, 9.17) is 4.74 Å². The van der Waals surface area contributed by atoms with Gasteiger partial charge < -0.3 is 9.64 Å². The van der Waals surface area contributed by atoms with E-state index in [-0.39, 0.29) is 24.0 Å². The number of ether oxygens (including phenoxy) is 1. The van der Waals surface area contributed by atoms with Crippen LogP contribution in [-0.2, 0) is 9.59 Å². The lowest BCUT2D eigenvalue weighted by atomic mass is 9.98. The monoisotopic (exact) mass is 418 g/mol. The van der Waals surface area contributed by atoms with Gasteiger partial charge in [-0.2, -0.15) is 0 Å². The SMILES string of the molecule is COc1ccc([C@@H]2C(=O)N(c3cccc(C)c3C)CC(=O)N2c2ccccc2F)cc1. The van der Waals surface area contributed by atoms with Crippen molar-refractivity contribution in [2.45, 2.75) is 19.9 Å². The smallest absolute Gasteiger partial charge is 0.255 e. The van der Waals surface area contributed by atoms with Gasteiger partial charge in [0.25, 0.3) is 5.91 Å². The molecular formula is C25H23FN2O3. The average molecular weight is 418 g/mol.